The molecule has 0 atom stereocenters. The van der Waals surface area contributed by atoms with Crippen LogP contribution in [0.15, 0.2) is 18.3 Å². The lowest BCUT2D eigenvalue weighted by Crippen LogP contribution is -2.33. The topological polar surface area (TPSA) is 85.1 Å². The summed E-state index contributed by atoms with van der Waals surface area (Å²) in [5.41, 5.74) is 4.84. The van der Waals surface area contributed by atoms with E-state index in [2.05, 4.69) is 10.3 Å². The van der Waals surface area contributed by atoms with Crippen LogP contribution in [-0.4, -0.2) is 23.3 Å². The average molecular weight is 197 g/mol. The van der Waals surface area contributed by atoms with E-state index in [1.54, 1.807) is 0 Å². The Morgan fingerprint density at radius 3 is 2.71 bits per heavy atom. The lowest BCUT2D eigenvalue weighted by molar-refractivity contribution is -0.117. The molecule has 0 saturated carbocycles. The van der Waals surface area contributed by atoms with Crippen LogP contribution in [-0.2, 0) is 4.79 Å². The zero-order chi connectivity index (χ0) is 10.6. The molecule has 2 amide bonds. The molecule has 0 aliphatic rings. The molecule has 74 valence electrons. The van der Waals surface area contributed by atoms with E-state index in [9.17, 15) is 14.0 Å². The molecule has 0 spiro atoms. The fraction of sp³-hybridized carbons (Fsp3) is 0.125. The average Bonchev–Trinajstić information content (AvgIpc) is 2.15. The predicted octanol–water partition coefficient (Wildman–Crippen LogP) is -0.564. The molecule has 0 bridgehead atoms. The lowest BCUT2D eigenvalue weighted by Gasteiger charge is -2.00. The first kappa shape index (κ1) is 10.1. The van der Waals surface area contributed by atoms with Crippen LogP contribution in [0.1, 0.15) is 10.5 Å². The summed E-state index contributed by atoms with van der Waals surface area (Å²) < 4.78 is 12.4. The number of hydrogen-bond donors (Lipinski definition) is 2. The Balaban J connectivity index is 2.61. The molecule has 1 heterocycles. The van der Waals surface area contributed by atoms with E-state index in [1.165, 1.54) is 6.07 Å². The third kappa shape index (κ3) is 2.81. The van der Waals surface area contributed by atoms with E-state index in [0.717, 1.165) is 12.3 Å². The Labute approximate surface area is 79.1 Å². The van der Waals surface area contributed by atoms with E-state index in [0.29, 0.717) is 0 Å². The van der Waals surface area contributed by atoms with Crippen molar-refractivity contribution in [2.24, 2.45) is 5.73 Å². The SMILES string of the molecule is NC(=O)CNC(=O)c1ccc(F)cn1. The standard InChI is InChI=1S/C8H8FN3O2/c9-5-1-2-6(11-3-5)8(14)12-4-7(10)13/h1-3H,4H2,(H2,10,13)(H,12,14). The van der Waals surface area contributed by atoms with Gasteiger partial charge in [-0.1, -0.05) is 0 Å². The van der Waals surface area contributed by atoms with E-state index < -0.39 is 17.6 Å². The highest BCUT2D eigenvalue weighted by Gasteiger charge is 2.07. The number of nitrogens with one attached hydrogen (secondary N) is 1. The molecule has 1 aromatic heterocycles. The van der Waals surface area contributed by atoms with Crippen molar-refractivity contribution >= 4 is 11.8 Å². The first-order valence-electron chi connectivity index (χ1n) is 3.77. The van der Waals surface area contributed by atoms with Crippen LogP contribution >= 0.6 is 0 Å². The number of hydrogen-bond acceptors (Lipinski definition) is 3. The van der Waals surface area contributed by atoms with E-state index in [4.69, 9.17) is 5.73 Å². The highest BCUT2D eigenvalue weighted by atomic mass is 19.1. The second-order valence-corrected chi connectivity index (χ2v) is 2.51. The Bertz CT molecular complexity index is 350. The van der Waals surface area contributed by atoms with Crippen LogP contribution in [0.25, 0.3) is 0 Å². The number of pyridine rings is 1. The summed E-state index contributed by atoms with van der Waals surface area (Å²) in [5, 5.41) is 2.22. The molecule has 0 radical (unpaired) electrons. The third-order valence-corrected chi connectivity index (χ3v) is 1.38. The minimum atomic E-state index is -0.652. The fourth-order valence-corrected chi connectivity index (χ4v) is 0.768. The Hall–Kier alpha value is -1.98. The lowest BCUT2D eigenvalue weighted by atomic mass is 10.3. The molecule has 1 rings (SSSR count). The predicted molar refractivity (Wildman–Crippen MR) is 45.7 cm³/mol. The molecule has 0 saturated heterocycles. The van der Waals surface area contributed by atoms with Crippen molar-refractivity contribution in [3.05, 3.63) is 29.8 Å². The van der Waals surface area contributed by atoms with Crippen LogP contribution in [0.2, 0.25) is 0 Å². The summed E-state index contributed by atoms with van der Waals surface area (Å²) in [6, 6.07) is 2.32. The van der Waals surface area contributed by atoms with Crippen molar-refractivity contribution in [1.82, 2.24) is 10.3 Å². The minimum Gasteiger partial charge on any atom is -0.368 e. The summed E-state index contributed by atoms with van der Waals surface area (Å²) in [7, 11) is 0. The first-order valence-corrected chi connectivity index (χ1v) is 3.77. The monoisotopic (exact) mass is 197 g/mol. The molecule has 0 unspecified atom stereocenters. The van der Waals surface area contributed by atoms with Gasteiger partial charge in [-0.3, -0.25) is 9.59 Å². The van der Waals surface area contributed by atoms with Crippen LogP contribution in [0, 0.1) is 5.82 Å². The normalized spacial score (nSPS) is 9.50. The Morgan fingerprint density at radius 2 is 2.21 bits per heavy atom. The summed E-state index contributed by atoms with van der Waals surface area (Å²) in [6.45, 7) is -0.266. The van der Waals surface area contributed by atoms with Crippen LogP contribution in [0.3, 0.4) is 0 Å². The molecular weight excluding hydrogens is 189 g/mol. The van der Waals surface area contributed by atoms with Gasteiger partial charge >= 0.3 is 0 Å². The second kappa shape index (κ2) is 4.31. The highest BCUT2D eigenvalue weighted by molar-refractivity contribution is 5.94. The zero-order valence-corrected chi connectivity index (χ0v) is 7.16. The van der Waals surface area contributed by atoms with Crippen molar-refractivity contribution in [3.63, 3.8) is 0 Å². The van der Waals surface area contributed by atoms with Crippen LogP contribution < -0.4 is 11.1 Å². The Morgan fingerprint density at radius 1 is 1.50 bits per heavy atom. The van der Waals surface area contributed by atoms with Crippen molar-refractivity contribution in [2.75, 3.05) is 6.54 Å². The summed E-state index contributed by atoms with van der Waals surface area (Å²) in [5.74, 6) is -1.75. The van der Waals surface area contributed by atoms with Gasteiger partial charge < -0.3 is 11.1 Å². The van der Waals surface area contributed by atoms with E-state index in [1.807, 2.05) is 0 Å². The summed E-state index contributed by atoms with van der Waals surface area (Å²) in [4.78, 5) is 25.0. The smallest absolute Gasteiger partial charge is 0.270 e. The number of nitrogens with two attached hydrogens (primary N) is 1. The van der Waals surface area contributed by atoms with Gasteiger partial charge in [-0.2, -0.15) is 0 Å². The number of carbonyl (C=O) groups excluding carboxylic acids is 2. The van der Waals surface area contributed by atoms with Crippen molar-refractivity contribution in [3.8, 4) is 0 Å². The van der Waals surface area contributed by atoms with Crippen LogP contribution in [0.4, 0.5) is 4.39 Å². The zero-order valence-electron chi connectivity index (χ0n) is 7.16. The number of carbonyl (C=O) groups is 2. The van der Waals surface area contributed by atoms with Crippen molar-refractivity contribution in [2.45, 2.75) is 0 Å². The Kier molecular flexibility index (Phi) is 3.11. The molecular formula is C8H8FN3O2. The molecule has 14 heavy (non-hydrogen) atoms. The van der Waals surface area contributed by atoms with Gasteiger partial charge in [0.15, 0.2) is 0 Å². The molecule has 0 aliphatic carbocycles. The number of aromatic nitrogens is 1. The van der Waals surface area contributed by atoms with Crippen molar-refractivity contribution < 1.29 is 14.0 Å². The van der Waals surface area contributed by atoms with Gasteiger partial charge in [0, 0.05) is 0 Å². The number of amides is 2. The number of halogens is 1. The minimum absolute atomic E-state index is 0.0349. The first-order chi connectivity index (χ1) is 6.59. The maximum Gasteiger partial charge on any atom is 0.270 e. The van der Waals surface area contributed by atoms with Gasteiger partial charge in [0.2, 0.25) is 5.91 Å². The van der Waals surface area contributed by atoms with Gasteiger partial charge in [-0.15, -0.1) is 0 Å². The molecule has 0 aromatic carbocycles. The van der Waals surface area contributed by atoms with Gasteiger partial charge in [-0.05, 0) is 12.1 Å². The van der Waals surface area contributed by atoms with Gasteiger partial charge in [0.25, 0.3) is 5.91 Å². The molecule has 5 nitrogen and oxygen atoms in total. The maximum absolute atomic E-state index is 12.4. The van der Waals surface area contributed by atoms with Crippen molar-refractivity contribution in [1.29, 1.82) is 0 Å². The molecule has 0 aliphatic heterocycles. The number of nitrogens with zero attached hydrogens (tertiary/aromatic N) is 1. The highest BCUT2D eigenvalue weighted by Crippen LogP contribution is 1.97. The third-order valence-electron chi connectivity index (χ3n) is 1.38. The fourth-order valence-electron chi connectivity index (χ4n) is 0.768. The number of rotatable bonds is 3. The van der Waals surface area contributed by atoms with Gasteiger partial charge in [-0.25, -0.2) is 9.37 Å². The van der Waals surface area contributed by atoms with Crippen LogP contribution in [0.5, 0.6) is 0 Å². The van der Waals surface area contributed by atoms with Gasteiger partial charge in [0.05, 0.1) is 12.7 Å². The molecule has 1 aromatic rings. The van der Waals surface area contributed by atoms with E-state index in [-0.39, 0.29) is 12.2 Å². The largest absolute Gasteiger partial charge is 0.368 e. The second-order valence-electron chi connectivity index (χ2n) is 2.51. The quantitative estimate of drug-likeness (QED) is 0.680. The summed E-state index contributed by atoms with van der Waals surface area (Å²) >= 11 is 0. The number of primary amides is 1. The molecule has 3 N–H and O–H groups in total. The molecule has 6 heteroatoms. The summed E-state index contributed by atoms with van der Waals surface area (Å²) in [6.07, 6.45) is 0.916. The van der Waals surface area contributed by atoms with Gasteiger partial charge in [0.1, 0.15) is 11.5 Å². The molecule has 0 fully saturated rings. The maximum atomic E-state index is 12.4. The van der Waals surface area contributed by atoms with E-state index >= 15 is 0 Å².